The van der Waals surface area contributed by atoms with E-state index in [1.807, 2.05) is 6.92 Å². The van der Waals surface area contributed by atoms with Crippen molar-refractivity contribution in [1.82, 2.24) is 10.1 Å². The molecule has 1 aromatic carbocycles. The molecule has 0 spiro atoms. The summed E-state index contributed by atoms with van der Waals surface area (Å²) in [6, 6.07) is 6.19. The van der Waals surface area contributed by atoms with Crippen molar-refractivity contribution in [2.45, 2.75) is 38.7 Å². The fraction of sp³-hybridized carbons (Fsp3) is 0.429. The fourth-order valence-electron chi connectivity index (χ4n) is 1.87. The summed E-state index contributed by atoms with van der Waals surface area (Å²) in [5.74, 6) is 0.726. The van der Waals surface area contributed by atoms with E-state index in [1.165, 1.54) is 12.1 Å². The van der Waals surface area contributed by atoms with Crippen LogP contribution >= 0.6 is 0 Å². The molecule has 19 heavy (non-hydrogen) atoms. The van der Waals surface area contributed by atoms with Crippen LogP contribution in [0.1, 0.15) is 37.0 Å². The largest absolute Gasteiger partial charge is 0.393 e. The van der Waals surface area contributed by atoms with E-state index >= 15 is 0 Å². The van der Waals surface area contributed by atoms with Gasteiger partial charge in [0.15, 0.2) is 5.82 Å². The molecule has 0 aliphatic heterocycles. The zero-order valence-electron chi connectivity index (χ0n) is 10.8. The first-order valence-corrected chi connectivity index (χ1v) is 6.41. The van der Waals surface area contributed by atoms with Gasteiger partial charge in [0, 0.05) is 6.42 Å². The number of rotatable bonds is 6. The fourth-order valence-corrected chi connectivity index (χ4v) is 1.87. The Balaban J connectivity index is 1.95. The van der Waals surface area contributed by atoms with Crippen LogP contribution in [0.2, 0.25) is 0 Å². The van der Waals surface area contributed by atoms with Crippen LogP contribution in [0.4, 0.5) is 4.39 Å². The van der Waals surface area contributed by atoms with Gasteiger partial charge in [-0.25, -0.2) is 4.39 Å². The number of aliphatic hydroxyl groups is 1. The van der Waals surface area contributed by atoms with Gasteiger partial charge in [-0.05, 0) is 24.1 Å². The Morgan fingerprint density at radius 3 is 2.74 bits per heavy atom. The van der Waals surface area contributed by atoms with Crippen LogP contribution in [0.15, 0.2) is 28.8 Å². The van der Waals surface area contributed by atoms with Gasteiger partial charge in [0.2, 0.25) is 5.89 Å². The van der Waals surface area contributed by atoms with E-state index in [9.17, 15) is 9.50 Å². The zero-order chi connectivity index (χ0) is 13.7. The van der Waals surface area contributed by atoms with Gasteiger partial charge < -0.3 is 9.63 Å². The molecule has 0 saturated heterocycles. The molecule has 0 fully saturated rings. The lowest BCUT2D eigenvalue weighted by atomic mass is 10.1. The Labute approximate surface area is 111 Å². The Bertz CT molecular complexity index is 510. The minimum Gasteiger partial charge on any atom is -0.393 e. The summed E-state index contributed by atoms with van der Waals surface area (Å²) in [6.07, 6.45) is 2.06. The lowest BCUT2D eigenvalue weighted by Crippen LogP contribution is -2.09. The van der Waals surface area contributed by atoms with Crippen LogP contribution in [0, 0.1) is 5.82 Å². The van der Waals surface area contributed by atoms with Crippen molar-refractivity contribution in [1.29, 1.82) is 0 Å². The quantitative estimate of drug-likeness (QED) is 0.871. The van der Waals surface area contributed by atoms with Crippen molar-refractivity contribution in [3.63, 3.8) is 0 Å². The van der Waals surface area contributed by atoms with Gasteiger partial charge >= 0.3 is 0 Å². The number of halogens is 1. The maximum absolute atomic E-state index is 12.8. The van der Waals surface area contributed by atoms with Gasteiger partial charge in [-0.15, -0.1) is 0 Å². The van der Waals surface area contributed by atoms with E-state index < -0.39 is 6.10 Å². The predicted molar refractivity (Wildman–Crippen MR) is 68.1 cm³/mol. The first kappa shape index (κ1) is 13.7. The third kappa shape index (κ3) is 4.13. The number of aliphatic hydroxyl groups excluding tert-OH is 1. The van der Waals surface area contributed by atoms with Crippen molar-refractivity contribution in [2.24, 2.45) is 0 Å². The molecule has 0 amide bonds. The molecule has 1 heterocycles. The predicted octanol–water partition coefficient (Wildman–Crippen LogP) is 2.50. The van der Waals surface area contributed by atoms with Gasteiger partial charge in [-0.1, -0.05) is 30.6 Å². The first-order chi connectivity index (χ1) is 9.17. The SMILES string of the molecule is CCCC(O)Cc1nc(Cc2ccc(F)cc2)no1. The van der Waals surface area contributed by atoms with Crippen LogP contribution in [-0.2, 0) is 12.8 Å². The zero-order valence-corrected chi connectivity index (χ0v) is 10.8. The third-order valence-electron chi connectivity index (χ3n) is 2.82. The number of hydrogen-bond acceptors (Lipinski definition) is 4. The summed E-state index contributed by atoms with van der Waals surface area (Å²) >= 11 is 0. The molecular formula is C14H17FN2O2. The molecular weight excluding hydrogens is 247 g/mol. The Morgan fingerprint density at radius 2 is 2.05 bits per heavy atom. The average Bonchev–Trinajstić information content (AvgIpc) is 2.80. The van der Waals surface area contributed by atoms with E-state index in [0.717, 1.165) is 18.4 Å². The summed E-state index contributed by atoms with van der Waals surface area (Å²) in [5, 5.41) is 13.5. The standard InChI is InChI=1S/C14H17FN2O2/c1-2-3-12(18)9-14-16-13(17-19-14)8-10-4-6-11(15)7-5-10/h4-7,12,18H,2-3,8-9H2,1H3. The van der Waals surface area contributed by atoms with Crippen molar-refractivity contribution < 1.29 is 14.0 Å². The highest BCUT2D eigenvalue weighted by Gasteiger charge is 2.11. The van der Waals surface area contributed by atoms with Gasteiger partial charge in [0.25, 0.3) is 0 Å². The molecule has 4 nitrogen and oxygen atoms in total. The molecule has 5 heteroatoms. The molecule has 102 valence electrons. The number of aromatic nitrogens is 2. The monoisotopic (exact) mass is 264 g/mol. The third-order valence-corrected chi connectivity index (χ3v) is 2.82. The van der Waals surface area contributed by atoms with Gasteiger partial charge in [-0.3, -0.25) is 0 Å². The lowest BCUT2D eigenvalue weighted by Gasteiger charge is -2.03. The van der Waals surface area contributed by atoms with Gasteiger partial charge in [0.05, 0.1) is 12.5 Å². The van der Waals surface area contributed by atoms with E-state index in [2.05, 4.69) is 10.1 Å². The summed E-state index contributed by atoms with van der Waals surface area (Å²) in [4.78, 5) is 4.22. The topological polar surface area (TPSA) is 59.2 Å². The second kappa shape index (κ2) is 6.43. The summed E-state index contributed by atoms with van der Waals surface area (Å²) in [5.41, 5.74) is 0.919. The van der Waals surface area contributed by atoms with E-state index in [-0.39, 0.29) is 5.82 Å². The van der Waals surface area contributed by atoms with Crippen LogP contribution in [0.5, 0.6) is 0 Å². The first-order valence-electron chi connectivity index (χ1n) is 6.41. The maximum Gasteiger partial charge on any atom is 0.229 e. The molecule has 1 atom stereocenters. The molecule has 0 aliphatic rings. The molecule has 0 bridgehead atoms. The Morgan fingerprint density at radius 1 is 1.32 bits per heavy atom. The summed E-state index contributed by atoms with van der Waals surface area (Å²) in [7, 11) is 0. The van der Waals surface area contributed by atoms with Crippen molar-refractivity contribution >= 4 is 0 Å². The molecule has 1 aromatic heterocycles. The molecule has 0 radical (unpaired) electrons. The van der Waals surface area contributed by atoms with Crippen LogP contribution in [0.25, 0.3) is 0 Å². The molecule has 0 aliphatic carbocycles. The molecule has 1 N–H and O–H groups in total. The summed E-state index contributed by atoms with van der Waals surface area (Å²) in [6.45, 7) is 2.01. The molecule has 0 saturated carbocycles. The highest BCUT2D eigenvalue weighted by Crippen LogP contribution is 2.10. The molecule has 1 unspecified atom stereocenters. The summed E-state index contributed by atoms with van der Waals surface area (Å²) < 4.78 is 17.9. The number of nitrogens with zero attached hydrogens (tertiary/aromatic N) is 2. The van der Waals surface area contributed by atoms with E-state index in [4.69, 9.17) is 4.52 Å². The van der Waals surface area contributed by atoms with E-state index in [1.54, 1.807) is 12.1 Å². The van der Waals surface area contributed by atoms with Crippen molar-refractivity contribution in [3.05, 3.63) is 47.4 Å². The molecule has 2 aromatic rings. The van der Waals surface area contributed by atoms with E-state index in [0.29, 0.717) is 24.6 Å². The molecule has 2 rings (SSSR count). The van der Waals surface area contributed by atoms with Gasteiger partial charge in [0.1, 0.15) is 5.82 Å². The van der Waals surface area contributed by atoms with Crippen molar-refractivity contribution in [2.75, 3.05) is 0 Å². The minimum absolute atomic E-state index is 0.264. The van der Waals surface area contributed by atoms with Crippen LogP contribution in [-0.4, -0.2) is 21.4 Å². The maximum atomic E-state index is 12.8. The second-order valence-corrected chi connectivity index (χ2v) is 4.55. The second-order valence-electron chi connectivity index (χ2n) is 4.55. The number of benzene rings is 1. The van der Waals surface area contributed by atoms with Crippen LogP contribution < -0.4 is 0 Å². The number of hydrogen-bond donors (Lipinski definition) is 1. The minimum atomic E-state index is -0.441. The van der Waals surface area contributed by atoms with Crippen molar-refractivity contribution in [3.8, 4) is 0 Å². The Hall–Kier alpha value is -1.75. The Kier molecular flexibility index (Phi) is 4.63. The highest BCUT2D eigenvalue weighted by molar-refractivity contribution is 5.19. The van der Waals surface area contributed by atoms with Crippen LogP contribution in [0.3, 0.4) is 0 Å². The average molecular weight is 264 g/mol. The smallest absolute Gasteiger partial charge is 0.229 e. The highest BCUT2D eigenvalue weighted by atomic mass is 19.1. The normalized spacial score (nSPS) is 12.6. The lowest BCUT2D eigenvalue weighted by molar-refractivity contribution is 0.151. The van der Waals surface area contributed by atoms with Gasteiger partial charge in [-0.2, -0.15) is 4.98 Å².